The van der Waals surface area contributed by atoms with Crippen LogP contribution in [0.2, 0.25) is 5.02 Å². The molecule has 0 aliphatic carbocycles. The molecule has 21 heavy (non-hydrogen) atoms. The molecule has 1 heterocycles. The molecule has 0 radical (unpaired) electrons. The third-order valence-electron chi connectivity index (χ3n) is 3.12. The summed E-state index contributed by atoms with van der Waals surface area (Å²) in [4.78, 5) is 12.2. The van der Waals surface area contributed by atoms with E-state index in [1.54, 1.807) is 6.07 Å². The molecule has 0 aliphatic heterocycles. The molecule has 0 unspecified atom stereocenters. The van der Waals surface area contributed by atoms with E-state index < -0.39 is 5.82 Å². The second-order valence-corrected chi connectivity index (χ2v) is 5.88. The minimum absolute atomic E-state index is 0.00708. The van der Waals surface area contributed by atoms with Gasteiger partial charge in [-0.05, 0) is 45.8 Å². The number of ketones is 1. The average molecular weight is 368 g/mol. The fraction of sp³-hybridized carbons (Fsp3) is 0.0625. The summed E-state index contributed by atoms with van der Waals surface area (Å²) >= 11 is 9.09. The maximum absolute atomic E-state index is 13.1. The van der Waals surface area contributed by atoms with Crippen LogP contribution >= 0.6 is 27.5 Å². The Kier molecular flexibility index (Phi) is 3.83. The molecule has 2 aromatic carbocycles. The summed E-state index contributed by atoms with van der Waals surface area (Å²) < 4.78 is 19.5. The topological polar surface area (TPSA) is 30.2 Å². The number of hydrogen-bond acceptors (Lipinski definition) is 2. The zero-order valence-corrected chi connectivity index (χ0v) is 13.0. The molecule has 0 fully saturated rings. The van der Waals surface area contributed by atoms with E-state index in [1.807, 2.05) is 18.2 Å². The van der Waals surface area contributed by atoms with E-state index in [4.69, 9.17) is 16.0 Å². The predicted molar refractivity (Wildman–Crippen MR) is 83.4 cm³/mol. The molecule has 0 bridgehead atoms. The first-order valence-corrected chi connectivity index (χ1v) is 7.37. The zero-order valence-electron chi connectivity index (χ0n) is 10.7. The van der Waals surface area contributed by atoms with E-state index >= 15 is 0 Å². The van der Waals surface area contributed by atoms with Gasteiger partial charge in [0, 0.05) is 11.8 Å². The maximum atomic E-state index is 13.1. The van der Waals surface area contributed by atoms with E-state index in [9.17, 15) is 9.18 Å². The van der Waals surface area contributed by atoms with Gasteiger partial charge < -0.3 is 4.42 Å². The molecule has 5 heteroatoms. The third kappa shape index (κ3) is 2.87. The van der Waals surface area contributed by atoms with Gasteiger partial charge in [-0.3, -0.25) is 4.79 Å². The first kappa shape index (κ1) is 14.3. The summed E-state index contributed by atoms with van der Waals surface area (Å²) in [7, 11) is 0. The summed E-state index contributed by atoms with van der Waals surface area (Å²) in [6, 6.07) is 11.5. The molecule has 0 atom stereocenters. The molecule has 1 aromatic heterocycles. The molecule has 0 amide bonds. The van der Waals surface area contributed by atoms with Gasteiger partial charge in [-0.1, -0.05) is 29.8 Å². The molecular weight excluding hydrogens is 359 g/mol. The average Bonchev–Trinajstić information content (AvgIpc) is 2.89. The lowest BCUT2D eigenvalue weighted by molar-refractivity contribution is 0.0968. The highest BCUT2D eigenvalue weighted by Gasteiger charge is 2.15. The van der Waals surface area contributed by atoms with Gasteiger partial charge in [-0.15, -0.1) is 0 Å². The second-order valence-electron chi connectivity index (χ2n) is 4.62. The lowest BCUT2D eigenvalue weighted by Gasteiger charge is -2.00. The second kappa shape index (κ2) is 5.62. The smallest absolute Gasteiger partial charge is 0.202 e. The van der Waals surface area contributed by atoms with Crippen LogP contribution in [0.4, 0.5) is 4.39 Å². The van der Waals surface area contributed by atoms with Gasteiger partial charge in [-0.2, -0.15) is 0 Å². The Hall–Kier alpha value is -1.65. The van der Waals surface area contributed by atoms with Gasteiger partial charge in [0.05, 0.1) is 9.50 Å². The van der Waals surface area contributed by atoms with Gasteiger partial charge >= 0.3 is 0 Å². The number of rotatable bonds is 3. The Labute approximate surface area is 133 Å². The molecule has 0 saturated heterocycles. The largest absolute Gasteiger partial charge is 0.452 e. The van der Waals surface area contributed by atoms with Crippen molar-refractivity contribution >= 4 is 44.3 Å². The van der Waals surface area contributed by atoms with Crippen molar-refractivity contribution in [3.63, 3.8) is 0 Å². The Morgan fingerprint density at radius 2 is 2.05 bits per heavy atom. The van der Waals surface area contributed by atoms with Crippen molar-refractivity contribution in [2.24, 2.45) is 0 Å². The third-order valence-corrected chi connectivity index (χ3v) is 4.03. The van der Waals surface area contributed by atoms with Crippen LogP contribution in [0.3, 0.4) is 0 Å². The van der Waals surface area contributed by atoms with Crippen LogP contribution in [-0.2, 0) is 6.42 Å². The molecule has 3 aromatic rings. The molecule has 0 spiro atoms. The summed E-state index contributed by atoms with van der Waals surface area (Å²) in [5.41, 5.74) is 1.28. The van der Waals surface area contributed by atoms with Crippen molar-refractivity contribution in [1.29, 1.82) is 0 Å². The molecule has 2 nitrogen and oxygen atoms in total. The maximum Gasteiger partial charge on any atom is 0.202 e. The summed E-state index contributed by atoms with van der Waals surface area (Å²) in [5.74, 6) is -0.404. The van der Waals surface area contributed by atoms with Crippen LogP contribution in [0.25, 0.3) is 11.0 Å². The van der Waals surface area contributed by atoms with Crippen molar-refractivity contribution in [2.75, 3.05) is 0 Å². The first-order valence-electron chi connectivity index (χ1n) is 6.20. The van der Waals surface area contributed by atoms with Crippen LogP contribution in [0, 0.1) is 5.82 Å². The van der Waals surface area contributed by atoms with Crippen LogP contribution < -0.4 is 0 Å². The normalized spacial score (nSPS) is 11.0. The van der Waals surface area contributed by atoms with E-state index in [-0.39, 0.29) is 23.0 Å². The Bertz CT molecular complexity index is 841. The first-order chi connectivity index (χ1) is 10.0. The van der Waals surface area contributed by atoms with E-state index in [2.05, 4.69) is 15.9 Å². The number of carbonyl (C=O) groups is 1. The number of para-hydroxylation sites is 1. The van der Waals surface area contributed by atoms with Crippen molar-refractivity contribution in [1.82, 2.24) is 0 Å². The molecular formula is C16H9BrClFO2. The number of benzene rings is 2. The van der Waals surface area contributed by atoms with E-state index in [0.717, 1.165) is 9.86 Å². The minimum atomic E-state index is -0.500. The van der Waals surface area contributed by atoms with Crippen molar-refractivity contribution < 1.29 is 13.6 Å². The quantitative estimate of drug-likeness (QED) is 0.579. The number of hydrogen-bond donors (Lipinski definition) is 0. The predicted octanol–water partition coefficient (Wildman–Crippen LogP) is 5.41. The Morgan fingerprint density at radius 3 is 2.76 bits per heavy atom. The fourth-order valence-corrected chi connectivity index (χ4v) is 2.75. The van der Waals surface area contributed by atoms with Gasteiger partial charge in [0.2, 0.25) is 5.78 Å². The van der Waals surface area contributed by atoms with Crippen molar-refractivity contribution in [3.05, 3.63) is 69.1 Å². The highest BCUT2D eigenvalue weighted by molar-refractivity contribution is 9.10. The van der Waals surface area contributed by atoms with Gasteiger partial charge in [-0.25, -0.2) is 4.39 Å². The van der Waals surface area contributed by atoms with Crippen molar-refractivity contribution in [2.45, 2.75) is 6.42 Å². The summed E-state index contributed by atoms with van der Waals surface area (Å²) in [6.45, 7) is 0. The van der Waals surface area contributed by atoms with Gasteiger partial charge in [0.15, 0.2) is 5.76 Å². The highest BCUT2D eigenvalue weighted by Crippen LogP contribution is 2.27. The highest BCUT2D eigenvalue weighted by atomic mass is 79.9. The number of fused-ring (bicyclic) bond motifs is 1. The molecule has 3 rings (SSSR count). The summed E-state index contributed by atoms with van der Waals surface area (Å²) in [5, 5.41) is 0.859. The SMILES string of the molecule is O=C(Cc1ccc(F)c(Cl)c1)c1cc2cccc(Br)c2o1. The number of Topliss-reactive ketones (excluding diaryl/α,β-unsaturated/α-hetero) is 1. The van der Waals surface area contributed by atoms with Crippen LogP contribution in [0.15, 0.2) is 51.4 Å². The number of carbonyl (C=O) groups excluding carboxylic acids is 1. The van der Waals surface area contributed by atoms with Crippen molar-refractivity contribution in [3.8, 4) is 0 Å². The standard InChI is InChI=1S/C16H9BrClFO2/c17-11-3-1-2-10-8-15(21-16(10)11)14(20)7-9-4-5-13(19)12(18)6-9/h1-6,8H,7H2. The van der Waals surface area contributed by atoms with E-state index in [1.165, 1.54) is 18.2 Å². The summed E-state index contributed by atoms with van der Waals surface area (Å²) in [6.07, 6.45) is 0.109. The number of halogens is 3. The molecule has 0 saturated carbocycles. The Morgan fingerprint density at radius 1 is 1.24 bits per heavy atom. The molecule has 0 aliphatic rings. The lowest BCUT2D eigenvalue weighted by atomic mass is 10.1. The fourth-order valence-electron chi connectivity index (χ4n) is 2.09. The molecule has 106 valence electrons. The van der Waals surface area contributed by atoms with E-state index in [0.29, 0.717) is 11.1 Å². The van der Waals surface area contributed by atoms with Gasteiger partial charge in [0.1, 0.15) is 11.4 Å². The lowest BCUT2D eigenvalue weighted by Crippen LogP contribution is -2.02. The van der Waals surface area contributed by atoms with Crippen LogP contribution in [-0.4, -0.2) is 5.78 Å². The van der Waals surface area contributed by atoms with Crippen LogP contribution in [0.5, 0.6) is 0 Å². The number of furan rings is 1. The zero-order chi connectivity index (χ0) is 15.0. The van der Waals surface area contributed by atoms with Gasteiger partial charge in [0.25, 0.3) is 0 Å². The minimum Gasteiger partial charge on any atom is -0.452 e. The molecule has 0 N–H and O–H groups in total. The Balaban J connectivity index is 1.90. The monoisotopic (exact) mass is 366 g/mol. The van der Waals surface area contributed by atoms with Crippen LogP contribution in [0.1, 0.15) is 16.1 Å².